The number of allylic oxidation sites excluding steroid dienone is 1. The fraction of sp³-hybridized carbons (Fsp3) is 0.111. The van der Waals surface area contributed by atoms with Crippen molar-refractivity contribution in [3.8, 4) is 5.75 Å². The van der Waals surface area contributed by atoms with Crippen LogP contribution < -0.4 is 14.9 Å². The zero-order valence-electron chi connectivity index (χ0n) is 18.4. The predicted octanol–water partition coefficient (Wildman–Crippen LogP) is 6.64. The average Bonchev–Trinajstić information content (AvgIpc) is 3.16. The third-order valence-corrected chi connectivity index (χ3v) is 8.53. The summed E-state index contributed by atoms with van der Waals surface area (Å²) >= 11 is 26.4. The molecule has 6 rings (SSSR count). The Balaban J connectivity index is 1.66. The maximum atomic E-state index is 13.8. The summed E-state index contributed by atoms with van der Waals surface area (Å²) in [6.45, 7) is 0. The van der Waals surface area contributed by atoms with E-state index in [1.54, 1.807) is 28.8 Å². The highest BCUT2D eigenvalue weighted by atomic mass is 35.5. The molecule has 0 radical (unpaired) electrons. The van der Waals surface area contributed by atoms with E-state index in [2.05, 4.69) is 12.1 Å². The van der Waals surface area contributed by atoms with Gasteiger partial charge in [0, 0.05) is 26.2 Å². The number of phenols is 1. The van der Waals surface area contributed by atoms with Gasteiger partial charge >= 0.3 is 0 Å². The first-order valence-corrected chi connectivity index (χ1v) is 13.4. The fourth-order valence-electron chi connectivity index (χ4n) is 4.86. The molecule has 4 aromatic rings. The van der Waals surface area contributed by atoms with E-state index in [9.17, 15) is 9.90 Å². The summed E-state index contributed by atoms with van der Waals surface area (Å²) < 4.78 is 2.08. The molecule has 0 amide bonds. The van der Waals surface area contributed by atoms with E-state index in [-0.39, 0.29) is 16.3 Å². The Labute approximate surface area is 230 Å². The van der Waals surface area contributed by atoms with Crippen LogP contribution in [-0.2, 0) is 6.42 Å². The van der Waals surface area contributed by atoms with Gasteiger partial charge in [-0.1, -0.05) is 88.1 Å². The number of fused-ring (bicyclic) bond motifs is 3. The van der Waals surface area contributed by atoms with Gasteiger partial charge in [-0.25, -0.2) is 4.99 Å². The van der Waals surface area contributed by atoms with Crippen LogP contribution in [0.2, 0.25) is 20.1 Å². The second kappa shape index (κ2) is 9.09. The van der Waals surface area contributed by atoms with E-state index in [1.807, 2.05) is 18.2 Å². The van der Waals surface area contributed by atoms with Crippen molar-refractivity contribution in [2.75, 3.05) is 0 Å². The molecule has 2 heterocycles. The van der Waals surface area contributed by atoms with Gasteiger partial charge in [0.15, 0.2) is 4.80 Å². The molecule has 2 aliphatic rings. The fourth-order valence-corrected chi connectivity index (χ4v) is 6.87. The summed E-state index contributed by atoms with van der Waals surface area (Å²) in [7, 11) is 0. The Morgan fingerprint density at radius 3 is 2.56 bits per heavy atom. The standard InChI is InChI=1S/C27H16Cl4N2O2S/c28-15-6-8-18(20(30)11-15)24-19-7-5-13-3-1-2-4-17(13)23(19)32-27-33(24)26(35)22(36-27)10-14-9-16(29)12-21(31)25(14)34/h1-4,6,8-12,24,34H,5,7H2/t24-/m0/s1. The molecule has 1 aliphatic heterocycles. The average molecular weight is 574 g/mol. The molecular weight excluding hydrogens is 558 g/mol. The predicted molar refractivity (Wildman–Crippen MR) is 147 cm³/mol. The molecule has 1 N–H and O–H groups in total. The van der Waals surface area contributed by atoms with Gasteiger partial charge in [0.25, 0.3) is 5.56 Å². The highest BCUT2D eigenvalue weighted by Gasteiger charge is 2.33. The summed E-state index contributed by atoms with van der Waals surface area (Å²) in [5.74, 6) is -0.141. The van der Waals surface area contributed by atoms with Crippen LogP contribution in [0.3, 0.4) is 0 Å². The highest BCUT2D eigenvalue weighted by Crippen LogP contribution is 2.43. The largest absolute Gasteiger partial charge is 0.506 e. The lowest BCUT2D eigenvalue weighted by Crippen LogP contribution is -2.38. The van der Waals surface area contributed by atoms with Crippen molar-refractivity contribution in [1.82, 2.24) is 4.57 Å². The third kappa shape index (κ3) is 3.90. The lowest BCUT2D eigenvalue weighted by Gasteiger charge is -2.31. The van der Waals surface area contributed by atoms with E-state index in [0.29, 0.717) is 30.0 Å². The Morgan fingerprint density at radius 2 is 1.75 bits per heavy atom. The van der Waals surface area contributed by atoms with Crippen molar-refractivity contribution in [2.24, 2.45) is 4.99 Å². The minimum atomic E-state index is -0.437. The Morgan fingerprint density at radius 1 is 0.972 bits per heavy atom. The van der Waals surface area contributed by atoms with Crippen molar-refractivity contribution in [3.63, 3.8) is 0 Å². The molecule has 9 heteroatoms. The van der Waals surface area contributed by atoms with Crippen LogP contribution in [0.5, 0.6) is 5.75 Å². The van der Waals surface area contributed by atoms with Gasteiger partial charge < -0.3 is 5.11 Å². The molecule has 0 bridgehead atoms. The van der Waals surface area contributed by atoms with E-state index in [1.165, 1.54) is 23.0 Å². The van der Waals surface area contributed by atoms with Crippen molar-refractivity contribution in [2.45, 2.75) is 18.9 Å². The monoisotopic (exact) mass is 572 g/mol. The van der Waals surface area contributed by atoms with Gasteiger partial charge in [-0.2, -0.15) is 0 Å². The van der Waals surface area contributed by atoms with Gasteiger partial charge in [-0.3, -0.25) is 9.36 Å². The Kier molecular flexibility index (Phi) is 6.02. The molecule has 3 aromatic carbocycles. The van der Waals surface area contributed by atoms with Gasteiger partial charge in [-0.15, -0.1) is 0 Å². The summed E-state index contributed by atoms with van der Waals surface area (Å²) in [4.78, 5) is 19.3. The van der Waals surface area contributed by atoms with Gasteiger partial charge in [0.2, 0.25) is 0 Å². The van der Waals surface area contributed by atoms with Crippen molar-refractivity contribution in [3.05, 3.63) is 122 Å². The van der Waals surface area contributed by atoms with Crippen molar-refractivity contribution in [1.29, 1.82) is 0 Å². The molecule has 180 valence electrons. The molecular formula is C27H16Cl4N2O2S. The normalized spacial score (nSPS) is 16.9. The zero-order chi connectivity index (χ0) is 25.1. The smallest absolute Gasteiger partial charge is 0.271 e. The maximum absolute atomic E-state index is 13.8. The number of hydrogen-bond acceptors (Lipinski definition) is 4. The van der Waals surface area contributed by atoms with Crippen LogP contribution in [0.1, 0.15) is 34.7 Å². The van der Waals surface area contributed by atoms with E-state index < -0.39 is 6.04 Å². The number of aryl methyl sites for hydroxylation is 1. The summed E-state index contributed by atoms with van der Waals surface area (Å²) in [6, 6.07) is 16.1. The summed E-state index contributed by atoms with van der Waals surface area (Å²) in [6.07, 6.45) is 3.17. The first-order valence-electron chi connectivity index (χ1n) is 11.1. The van der Waals surface area contributed by atoms with Crippen LogP contribution in [0.25, 0.3) is 11.8 Å². The molecule has 1 aliphatic carbocycles. The molecule has 1 aromatic heterocycles. The minimum absolute atomic E-state index is 0.111. The summed E-state index contributed by atoms with van der Waals surface area (Å²) in [5.41, 5.74) is 5.08. The Hall–Kier alpha value is -2.54. The number of benzene rings is 3. The topological polar surface area (TPSA) is 54.6 Å². The number of halogens is 4. The van der Waals surface area contributed by atoms with Crippen molar-refractivity contribution < 1.29 is 5.11 Å². The van der Waals surface area contributed by atoms with Crippen LogP contribution in [0, 0.1) is 0 Å². The highest BCUT2D eigenvalue weighted by molar-refractivity contribution is 7.07. The van der Waals surface area contributed by atoms with Crippen LogP contribution in [-0.4, -0.2) is 9.67 Å². The third-order valence-electron chi connectivity index (χ3n) is 6.47. The molecule has 0 saturated carbocycles. The van der Waals surface area contributed by atoms with E-state index >= 15 is 0 Å². The zero-order valence-corrected chi connectivity index (χ0v) is 22.3. The van der Waals surface area contributed by atoms with Gasteiger partial charge in [0.05, 0.1) is 21.3 Å². The number of nitrogens with zero attached hydrogens (tertiary/aromatic N) is 2. The molecule has 0 unspecified atom stereocenters. The summed E-state index contributed by atoms with van der Waals surface area (Å²) in [5, 5.41) is 11.9. The van der Waals surface area contributed by atoms with Gasteiger partial charge in [0.1, 0.15) is 5.75 Å². The number of thiazole rings is 1. The maximum Gasteiger partial charge on any atom is 0.271 e. The minimum Gasteiger partial charge on any atom is -0.506 e. The van der Waals surface area contributed by atoms with E-state index in [0.717, 1.165) is 35.2 Å². The quantitative estimate of drug-likeness (QED) is 0.292. The SMILES string of the molecule is O=c1c(=Cc2cc(Cl)cc(Cl)c2O)sc2n1[C@@H](c1ccc(Cl)cc1Cl)C1=C(N=2)c2ccccc2CC1. The van der Waals surface area contributed by atoms with Gasteiger partial charge in [-0.05, 0) is 59.9 Å². The number of rotatable bonds is 2. The Bertz CT molecular complexity index is 1790. The molecule has 0 saturated heterocycles. The number of aromatic hydroxyl groups is 1. The molecule has 1 atom stereocenters. The van der Waals surface area contributed by atoms with Crippen LogP contribution >= 0.6 is 57.7 Å². The lowest BCUT2D eigenvalue weighted by molar-refractivity contribution is 0.474. The molecule has 0 fully saturated rings. The van der Waals surface area contributed by atoms with Crippen LogP contribution in [0.4, 0.5) is 0 Å². The number of aromatic nitrogens is 1. The molecule has 0 spiro atoms. The van der Waals surface area contributed by atoms with Crippen molar-refractivity contribution >= 4 is 69.5 Å². The molecule has 4 nitrogen and oxygen atoms in total. The number of hydrogen-bond donors (Lipinski definition) is 1. The first-order chi connectivity index (χ1) is 17.3. The van der Waals surface area contributed by atoms with E-state index in [4.69, 9.17) is 51.4 Å². The second-order valence-electron chi connectivity index (χ2n) is 8.60. The van der Waals surface area contributed by atoms with Crippen LogP contribution in [0.15, 0.2) is 70.0 Å². The molecule has 36 heavy (non-hydrogen) atoms. The second-order valence-corrected chi connectivity index (χ2v) is 11.3. The number of phenolic OH excluding ortho intramolecular Hbond substituents is 1. The first kappa shape index (κ1) is 23.8. The lowest BCUT2D eigenvalue weighted by atomic mass is 9.83.